The highest BCUT2D eigenvalue weighted by Gasteiger charge is 2.16. The number of hydrogen-bond donors (Lipinski definition) is 1. The zero-order valence-electron chi connectivity index (χ0n) is 8.57. The van der Waals surface area contributed by atoms with Gasteiger partial charge < -0.3 is 5.11 Å². The molecule has 0 heterocycles. The van der Waals surface area contributed by atoms with Crippen LogP contribution in [0.1, 0.15) is 25.3 Å². The Hall–Kier alpha value is 0.0900. The van der Waals surface area contributed by atoms with Crippen molar-refractivity contribution in [2.45, 2.75) is 19.7 Å². The fraction of sp³-hybridized carbons (Fsp3) is 0.455. The van der Waals surface area contributed by atoms with E-state index in [1.165, 1.54) is 0 Å². The normalized spacial score (nSPS) is 13.2. The van der Waals surface area contributed by atoms with E-state index in [0.29, 0.717) is 0 Å². The summed E-state index contributed by atoms with van der Waals surface area (Å²) in [7, 11) is -0.263. The largest absolute Gasteiger partial charge is 0.384 e. The lowest BCUT2D eigenvalue weighted by molar-refractivity contribution is 0.263. The van der Waals surface area contributed by atoms with Crippen LogP contribution in [0.3, 0.4) is 0 Å². The van der Waals surface area contributed by atoms with Crippen molar-refractivity contribution in [3.8, 4) is 0 Å². The third kappa shape index (κ3) is 3.05. The molecule has 1 rings (SSSR count). The van der Waals surface area contributed by atoms with E-state index in [1.807, 2.05) is 24.3 Å². The summed E-state index contributed by atoms with van der Waals surface area (Å²) >= 11 is 3.39. The summed E-state index contributed by atoms with van der Waals surface area (Å²) in [5.74, 6) is -0.256. The Bertz CT molecular complexity index is 269. The van der Waals surface area contributed by atoms with Crippen molar-refractivity contribution in [1.29, 1.82) is 0 Å². The maximum atomic E-state index is 10.1. The number of rotatable bonds is 4. The monoisotopic (exact) mass is 274 g/mol. The minimum Gasteiger partial charge on any atom is -0.384 e. The molecular formula is C11H16BrOP. The first-order valence-corrected chi connectivity index (χ1v) is 7.44. The van der Waals surface area contributed by atoms with Gasteiger partial charge in [0.2, 0.25) is 0 Å². The van der Waals surface area contributed by atoms with Crippen LogP contribution >= 0.6 is 23.9 Å². The molecule has 0 bridgehead atoms. The molecule has 0 saturated carbocycles. The van der Waals surface area contributed by atoms with Gasteiger partial charge in [-0.1, -0.05) is 49.8 Å². The van der Waals surface area contributed by atoms with Gasteiger partial charge in [0.25, 0.3) is 0 Å². The highest BCUT2D eigenvalue weighted by Crippen LogP contribution is 2.48. The van der Waals surface area contributed by atoms with Crippen LogP contribution in [-0.2, 0) is 0 Å². The first-order chi connectivity index (χ1) is 6.69. The van der Waals surface area contributed by atoms with Crippen molar-refractivity contribution in [3.63, 3.8) is 0 Å². The van der Waals surface area contributed by atoms with E-state index in [1.54, 1.807) is 0 Å². The Labute approximate surface area is 95.4 Å². The number of aliphatic hydroxyl groups is 1. The van der Waals surface area contributed by atoms with Crippen molar-refractivity contribution in [3.05, 3.63) is 34.3 Å². The molecule has 0 saturated heterocycles. The Morgan fingerprint density at radius 1 is 1.21 bits per heavy atom. The smallest absolute Gasteiger partial charge is 0.0978 e. The van der Waals surface area contributed by atoms with E-state index in [4.69, 9.17) is 0 Å². The van der Waals surface area contributed by atoms with Gasteiger partial charge in [0.15, 0.2) is 0 Å². The number of benzene rings is 1. The second kappa shape index (κ2) is 5.85. The highest BCUT2D eigenvalue weighted by molar-refractivity contribution is 9.10. The van der Waals surface area contributed by atoms with Gasteiger partial charge in [-0.3, -0.25) is 0 Å². The molecule has 3 heteroatoms. The maximum absolute atomic E-state index is 10.1. The van der Waals surface area contributed by atoms with Crippen molar-refractivity contribution in [2.24, 2.45) is 0 Å². The molecule has 0 aliphatic heterocycles. The molecule has 0 spiro atoms. The van der Waals surface area contributed by atoms with Gasteiger partial charge in [-0.25, -0.2) is 0 Å². The number of hydrogen-bond acceptors (Lipinski definition) is 1. The second-order valence-corrected chi connectivity index (χ2v) is 6.99. The van der Waals surface area contributed by atoms with Gasteiger partial charge in [-0.05, 0) is 30.0 Å². The topological polar surface area (TPSA) is 20.2 Å². The van der Waals surface area contributed by atoms with Crippen LogP contribution in [0.4, 0.5) is 0 Å². The van der Waals surface area contributed by atoms with Crippen LogP contribution in [0.15, 0.2) is 28.7 Å². The molecule has 0 fully saturated rings. The molecule has 1 nitrogen and oxygen atoms in total. The van der Waals surface area contributed by atoms with Crippen LogP contribution in [0, 0.1) is 0 Å². The molecule has 0 aromatic heterocycles. The summed E-state index contributed by atoms with van der Waals surface area (Å²) in [6.07, 6.45) is 2.17. The van der Waals surface area contributed by atoms with E-state index in [0.717, 1.165) is 22.4 Å². The standard InChI is InChI=1S/C11H16BrOP/c1-3-14(4-2)11(13)9-5-7-10(12)8-6-9/h5-8,11,13H,3-4H2,1-2H3. The van der Waals surface area contributed by atoms with Crippen molar-refractivity contribution >= 4 is 23.9 Å². The molecule has 0 aliphatic rings. The van der Waals surface area contributed by atoms with Crippen molar-refractivity contribution in [1.82, 2.24) is 0 Å². The van der Waals surface area contributed by atoms with Gasteiger partial charge in [-0.15, -0.1) is 0 Å². The minimum absolute atomic E-state index is 0.256. The average molecular weight is 275 g/mol. The quantitative estimate of drug-likeness (QED) is 0.824. The summed E-state index contributed by atoms with van der Waals surface area (Å²) in [5.41, 5.74) is 1.04. The predicted octanol–water partition coefficient (Wildman–Crippen LogP) is 3.96. The molecule has 0 aliphatic carbocycles. The Kier molecular flexibility index (Phi) is 5.08. The molecule has 1 N–H and O–H groups in total. The fourth-order valence-electron chi connectivity index (χ4n) is 1.42. The summed E-state index contributed by atoms with van der Waals surface area (Å²) in [5, 5.41) is 10.1. The second-order valence-electron chi connectivity index (χ2n) is 3.15. The van der Waals surface area contributed by atoms with Crippen molar-refractivity contribution < 1.29 is 5.11 Å². The third-order valence-corrected chi connectivity index (χ3v) is 5.47. The van der Waals surface area contributed by atoms with Gasteiger partial charge >= 0.3 is 0 Å². The lowest BCUT2D eigenvalue weighted by Crippen LogP contribution is -1.98. The van der Waals surface area contributed by atoms with Crippen LogP contribution in [-0.4, -0.2) is 17.4 Å². The molecule has 0 amide bonds. The number of aliphatic hydroxyl groups excluding tert-OH is 1. The lowest BCUT2D eigenvalue weighted by Gasteiger charge is -2.21. The molecular weight excluding hydrogens is 259 g/mol. The summed E-state index contributed by atoms with van der Waals surface area (Å²) in [6.45, 7) is 4.30. The molecule has 1 unspecified atom stereocenters. The van der Waals surface area contributed by atoms with Gasteiger partial charge in [-0.2, -0.15) is 0 Å². The predicted molar refractivity (Wildman–Crippen MR) is 67.1 cm³/mol. The first-order valence-electron chi connectivity index (χ1n) is 4.86. The molecule has 1 atom stereocenters. The van der Waals surface area contributed by atoms with E-state index < -0.39 is 0 Å². The van der Waals surface area contributed by atoms with Gasteiger partial charge in [0.05, 0.1) is 5.85 Å². The first kappa shape index (κ1) is 12.2. The van der Waals surface area contributed by atoms with Gasteiger partial charge in [0.1, 0.15) is 0 Å². The summed E-state index contributed by atoms with van der Waals surface area (Å²) in [6, 6.07) is 7.96. The minimum atomic E-state index is -0.263. The zero-order chi connectivity index (χ0) is 10.6. The number of halogens is 1. The molecule has 1 aromatic rings. The van der Waals surface area contributed by atoms with Crippen LogP contribution in [0.2, 0.25) is 0 Å². The van der Waals surface area contributed by atoms with Crippen LogP contribution in [0.25, 0.3) is 0 Å². The Morgan fingerprint density at radius 3 is 2.14 bits per heavy atom. The van der Waals surface area contributed by atoms with E-state index in [2.05, 4.69) is 29.8 Å². The van der Waals surface area contributed by atoms with Gasteiger partial charge in [0, 0.05) is 4.47 Å². The SMILES string of the molecule is CCP(CC)C(O)c1ccc(Br)cc1. The highest BCUT2D eigenvalue weighted by atomic mass is 79.9. The van der Waals surface area contributed by atoms with E-state index >= 15 is 0 Å². The van der Waals surface area contributed by atoms with Crippen molar-refractivity contribution in [2.75, 3.05) is 12.3 Å². The van der Waals surface area contributed by atoms with E-state index in [9.17, 15) is 5.11 Å². The van der Waals surface area contributed by atoms with Crippen LogP contribution in [0.5, 0.6) is 0 Å². The Morgan fingerprint density at radius 2 is 1.71 bits per heavy atom. The molecule has 1 aromatic carbocycles. The molecule has 14 heavy (non-hydrogen) atoms. The Balaban J connectivity index is 2.77. The lowest BCUT2D eigenvalue weighted by atomic mass is 10.2. The zero-order valence-corrected chi connectivity index (χ0v) is 11.1. The van der Waals surface area contributed by atoms with E-state index in [-0.39, 0.29) is 13.8 Å². The fourth-order valence-corrected chi connectivity index (χ4v) is 3.41. The molecule has 78 valence electrons. The average Bonchev–Trinajstić information content (AvgIpc) is 2.20. The maximum Gasteiger partial charge on any atom is 0.0978 e. The third-order valence-electron chi connectivity index (χ3n) is 2.33. The summed E-state index contributed by atoms with van der Waals surface area (Å²) in [4.78, 5) is 0. The van der Waals surface area contributed by atoms with Crippen LogP contribution < -0.4 is 0 Å². The summed E-state index contributed by atoms with van der Waals surface area (Å²) < 4.78 is 1.06. The molecule has 0 radical (unpaired) electrons.